The van der Waals surface area contributed by atoms with Gasteiger partial charge in [-0.05, 0) is 29.7 Å². The quantitative estimate of drug-likeness (QED) is 0.644. The molecule has 7 heteroatoms. The van der Waals surface area contributed by atoms with E-state index in [4.69, 9.17) is 5.21 Å². The van der Waals surface area contributed by atoms with Gasteiger partial charge in [0.25, 0.3) is 0 Å². The molecular formula is C10H17N5OS. The Kier molecular flexibility index (Phi) is 4.36. The minimum absolute atomic E-state index is 0.199. The zero-order valence-corrected chi connectivity index (χ0v) is 10.7. The highest BCUT2D eigenvalue weighted by Gasteiger charge is 2.22. The highest BCUT2D eigenvalue weighted by Crippen LogP contribution is 2.29. The van der Waals surface area contributed by atoms with Crippen LogP contribution in [0.25, 0.3) is 0 Å². The third kappa shape index (κ3) is 3.18. The number of nitrogens with zero attached hydrogens (tertiary/aromatic N) is 5. The lowest BCUT2D eigenvalue weighted by Gasteiger charge is -2.19. The molecule has 17 heavy (non-hydrogen) atoms. The second-order valence-electron chi connectivity index (χ2n) is 4.24. The van der Waals surface area contributed by atoms with Crippen LogP contribution in [0, 0.1) is 0 Å². The minimum Gasteiger partial charge on any atom is -0.411 e. The smallest absolute Gasteiger partial charge is 0.209 e. The Morgan fingerprint density at radius 1 is 1.35 bits per heavy atom. The summed E-state index contributed by atoms with van der Waals surface area (Å²) in [6.07, 6.45) is 6.65. The Labute approximate surface area is 104 Å². The van der Waals surface area contributed by atoms with E-state index in [-0.39, 0.29) is 5.25 Å². The molecule has 0 aliphatic heterocycles. The lowest BCUT2D eigenvalue weighted by molar-refractivity contribution is 0.315. The maximum Gasteiger partial charge on any atom is 0.209 e. The summed E-state index contributed by atoms with van der Waals surface area (Å²) in [5.74, 6) is 0. The third-order valence-electron chi connectivity index (χ3n) is 2.98. The van der Waals surface area contributed by atoms with Gasteiger partial charge in [0, 0.05) is 7.05 Å². The normalized spacial score (nSPS) is 24.5. The third-order valence-corrected chi connectivity index (χ3v) is 4.33. The Bertz CT molecular complexity index is 392. The van der Waals surface area contributed by atoms with Gasteiger partial charge in [-0.3, -0.25) is 0 Å². The number of thioether (sulfide) groups is 1. The van der Waals surface area contributed by atoms with Crippen LogP contribution in [0.5, 0.6) is 0 Å². The number of hydrogen-bond acceptors (Lipinski definition) is 6. The summed E-state index contributed by atoms with van der Waals surface area (Å²) in [6, 6.07) is 0. The maximum atomic E-state index is 9.09. The highest BCUT2D eigenvalue weighted by molar-refractivity contribution is 8.00. The van der Waals surface area contributed by atoms with Gasteiger partial charge in [-0.25, -0.2) is 4.68 Å². The SMILES string of the molecule is Cn1nnnc1S[C@@H]1CCCCCC/C1=N\O. The van der Waals surface area contributed by atoms with Crippen LogP contribution in [-0.2, 0) is 7.05 Å². The standard InChI is InChI=1S/C10H17N5OS/c1-15-10(11-13-14-15)17-9-7-5-3-2-4-6-8(9)12-16/h9,16H,2-7H2,1H3/b12-8+/t9-/m1/s1. The maximum absolute atomic E-state index is 9.09. The van der Waals surface area contributed by atoms with Crippen molar-refractivity contribution in [2.24, 2.45) is 12.2 Å². The van der Waals surface area contributed by atoms with Gasteiger partial charge in [0.15, 0.2) is 0 Å². The molecule has 0 aromatic carbocycles. The van der Waals surface area contributed by atoms with Gasteiger partial charge < -0.3 is 5.21 Å². The van der Waals surface area contributed by atoms with Gasteiger partial charge in [0.1, 0.15) is 0 Å². The van der Waals surface area contributed by atoms with E-state index < -0.39 is 0 Å². The molecule has 94 valence electrons. The molecule has 1 aromatic rings. The first kappa shape index (κ1) is 12.3. The molecule has 0 amide bonds. The van der Waals surface area contributed by atoms with Crippen molar-refractivity contribution in [2.75, 3.05) is 0 Å². The summed E-state index contributed by atoms with van der Waals surface area (Å²) in [5.41, 5.74) is 0.873. The first-order valence-corrected chi connectivity index (χ1v) is 6.79. The molecule has 0 spiro atoms. The zero-order valence-electron chi connectivity index (χ0n) is 9.91. The summed E-state index contributed by atoms with van der Waals surface area (Å²) in [7, 11) is 1.82. The number of hydrogen-bond donors (Lipinski definition) is 1. The molecule has 1 aromatic heterocycles. The Morgan fingerprint density at radius 2 is 2.18 bits per heavy atom. The predicted octanol–water partition coefficient (Wildman–Crippen LogP) is 1.86. The highest BCUT2D eigenvalue weighted by atomic mass is 32.2. The number of rotatable bonds is 2. The Hall–Kier alpha value is -1.11. The van der Waals surface area contributed by atoms with E-state index in [0.29, 0.717) is 0 Å². The van der Waals surface area contributed by atoms with E-state index in [1.165, 1.54) is 19.3 Å². The van der Waals surface area contributed by atoms with Gasteiger partial charge in [0.2, 0.25) is 5.16 Å². The van der Waals surface area contributed by atoms with Gasteiger partial charge in [-0.2, -0.15) is 0 Å². The molecule has 1 saturated carbocycles. The first-order chi connectivity index (χ1) is 8.31. The zero-order chi connectivity index (χ0) is 12.1. The van der Waals surface area contributed by atoms with Gasteiger partial charge in [0.05, 0.1) is 11.0 Å². The van der Waals surface area contributed by atoms with Crippen LogP contribution in [0.4, 0.5) is 0 Å². The summed E-state index contributed by atoms with van der Waals surface area (Å²) >= 11 is 1.59. The molecular weight excluding hydrogens is 238 g/mol. The van der Waals surface area contributed by atoms with Crippen LogP contribution in [0.15, 0.2) is 10.3 Å². The monoisotopic (exact) mass is 255 g/mol. The molecule has 1 fully saturated rings. The molecule has 1 aliphatic rings. The first-order valence-electron chi connectivity index (χ1n) is 5.91. The predicted molar refractivity (Wildman–Crippen MR) is 65.4 cm³/mol. The summed E-state index contributed by atoms with van der Waals surface area (Å²) in [5, 5.41) is 24.9. The Balaban J connectivity index is 2.07. The van der Waals surface area contributed by atoms with Crippen molar-refractivity contribution in [1.29, 1.82) is 0 Å². The average Bonchev–Trinajstić information content (AvgIpc) is 2.69. The van der Waals surface area contributed by atoms with Crippen molar-refractivity contribution < 1.29 is 5.21 Å². The van der Waals surface area contributed by atoms with Crippen molar-refractivity contribution in [3.63, 3.8) is 0 Å². The van der Waals surface area contributed by atoms with Crippen molar-refractivity contribution in [3.05, 3.63) is 0 Å². The van der Waals surface area contributed by atoms with E-state index in [1.807, 2.05) is 7.05 Å². The molecule has 6 nitrogen and oxygen atoms in total. The van der Waals surface area contributed by atoms with Crippen LogP contribution < -0.4 is 0 Å². The van der Waals surface area contributed by atoms with E-state index >= 15 is 0 Å². The number of aromatic nitrogens is 4. The molecule has 2 rings (SSSR count). The number of oxime groups is 1. The van der Waals surface area contributed by atoms with Crippen LogP contribution in [0.3, 0.4) is 0 Å². The number of aryl methyl sites for hydroxylation is 1. The second kappa shape index (κ2) is 6.00. The fraction of sp³-hybridized carbons (Fsp3) is 0.800. The lowest BCUT2D eigenvalue weighted by Crippen LogP contribution is -2.20. The molecule has 1 N–H and O–H groups in total. The minimum atomic E-state index is 0.199. The molecule has 0 unspecified atom stereocenters. The van der Waals surface area contributed by atoms with Crippen LogP contribution >= 0.6 is 11.8 Å². The van der Waals surface area contributed by atoms with Gasteiger partial charge in [-0.15, -0.1) is 5.10 Å². The van der Waals surface area contributed by atoms with Crippen LogP contribution in [0.1, 0.15) is 38.5 Å². The van der Waals surface area contributed by atoms with Crippen molar-refractivity contribution in [3.8, 4) is 0 Å². The van der Waals surface area contributed by atoms with Crippen LogP contribution in [-0.4, -0.2) is 36.4 Å². The number of tetrazole rings is 1. The topological polar surface area (TPSA) is 76.2 Å². The lowest BCUT2D eigenvalue weighted by atomic mass is 9.99. The molecule has 1 aliphatic carbocycles. The molecule has 1 atom stereocenters. The molecule has 0 saturated heterocycles. The van der Waals surface area contributed by atoms with Crippen molar-refractivity contribution in [2.45, 2.75) is 48.9 Å². The second-order valence-corrected chi connectivity index (χ2v) is 5.41. The van der Waals surface area contributed by atoms with E-state index in [1.54, 1.807) is 16.4 Å². The summed E-state index contributed by atoms with van der Waals surface area (Å²) in [6.45, 7) is 0. The summed E-state index contributed by atoms with van der Waals surface area (Å²) < 4.78 is 1.65. The fourth-order valence-electron chi connectivity index (χ4n) is 2.01. The van der Waals surface area contributed by atoms with Gasteiger partial charge in [-0.1, -0.05) is 36.2 Å². The fourth-order valence-corrected chi connectivity index (χ4v) is 3.12. The van der Waals surface area contributed by atoms with E-state index in [0.717, 1.165) is 30.1 Å². The summed E-state index contributed by atoms with van der Waals surface area (Å²) in [4.78, 5) is 0. The van der Waals surface area contributed by atoms with Crippen molar-refractivity contribution >= 4 is 17.5 Å². The molecule has 1 heterocycles. The van der Waals surface area contributed by atoms with Crippen LogP contribution in [0.2, 0.25) is 0 Å². The van der Waals surface area contributed by atoms with E-state index in [9.17, 15) is 0 Å². The molecule has 0 bridgehead atoms. The van der Waals surface area contributed by atoms with E-state index in [2.05, 4.69) is 20.7 Å². The van der Waals surface area contributed by atoms with Gasteiger partial charge >= 0.3 is 0 Å². The van der Waals surface area contributed by atoms with Crippen molar-refractivity contribution in [1.82, 2.24) is 20.2 Å². The molecule has 0 radical (unpaired) electrons. The average molecular weight is 255 g/mol. The largest absolute Gasteiger partial charge is 0.411 e. The Morgan fingerprint density at radius 3 is 2.88 bits per heavy atom.